The number of sulfone groups is 1. The van der Waals surface area contributed by atoms with Gasteiger partial charge in [-0.25, -0.2) is 22.8 Å². The van der Waals surface area contributed by atoms with Crippen molar-refractivity contribution in [3.8, 4) is 5.75 Å². The molecule has 0 fully saturated rings. The summed E-state index contributed by atoms with van der Waals surface area (Å²) in [5.41, 5.74) is 2.59. The molecule has 10 nitrogen and oxygen atoms in total. The van der Waals surface area contributed by atoms with E-state index in [-0.39, 0.29) is 38.4 Å². The average Bonchev–Trinajstić information content (AvgIpc) is 3.00. The van der Waals surface area contributed by atoms with Crippen LogP contribution in [0.15, 0.2) is 72.1 Å². The molecule has 1 N–H and O–H groups in total. The van der Waals surface area contributed by atoms with Crippen LogP contribution in [-0.4, -0.2) is 73.3 Å². The Hall–Kier alpha value is -4.50. The van der Waals surface area contributed by atoms with Gasteiger partial charge in [0.15, 0.2) is 0 Å². The number of rotatable bonds is 15. The number of carbonyl (C=O) groups is 1. The van der Waals surface area contributed by atoms with E-state index in [0.29, 0.717) is 49.2 Å². The molecule has 0 saturated heterocycles. The van der Waals surface area contributed by atoms with Gasteiger partial charge in [0.25, 0.3) is 0 Å². The summed E-state index contributed by atoms with van der Waals surface area (Å²) in [7, 11) is -3.55. The van der Waals surface area contributed by atoms with E-state index < -0.39 is 34.2 Å². The number of hydrogen-bond acceptors (Lipinski definition) is 9. The van der Waals surface area contributed by atoms with Crippen molar-refractivity contribution in [3.05, 3.63) is 89.0 Å². The third-order valence-corrected chi connectivity index (χ3v) is 7.81. The van der Waals surface area contributed by atoms with Gasteiger partial charge in [-0.05, 0) is 66.4 Å². The number of alkyl halides is 3. The predicted octanol–water partition coefficient (Wildman–Crippen LogP) is 6.31. The SMILES string of the molecule is CS(=O)(=O)CCN(CCCCO/N=C/c1ccc2ncnc(Nc3ccc(OCc4cccc(F)c4)c(Cl)c3)c2c1)C(=O)C(F)(F)F. The molecule has 0 aliphatic heterocycles. The largest absolute Gasteiger partial charge is 0.487 e. The summed E-state index contributed by atoms with van der Waals surface area (Å²) in [6.45, 7) is -0.632. The molecular formula is C31H30ClF4N5O5S. The fourth-order valence-corrected chi connectivity index (χ4v) is 5.05. The van der Waals surface area contributed by atoms with Gasteiger partial charge in [-0.3, -0.25) is 4.79 Å². The van der Waals surface area contributed by atoms with Crippen molar-refractivity contribution >= 4 is 56.0 Å². The van der Waals surface area contributed by atoms with E-state index in [1.807, 2.05) is 0 Å². The van der Waals surface area contributed by atoms with Crippen LogP contribution in [-0.2, 0) is 26.1 Å². The molecule has 4 aromatic rings. The average molecular weight is 696 g/mol. The quantitative estimate of drug-likeness (QED) is 0.0665. The van der Waals surface area contributed by atoms with E-state index in [1.165, 1.54) is 24.7 Å². The lowest BCUT2D eigenvalue weighted by Crippen LogP contribution is -2.43. The van der Waals surface area contributed by atoms with Crippen LogP contribution >= 0.6 is 11.6 Å². The summed E-state index contributed by atoms with van der Waals surface area (Å²) < 4.78 is 80.5. The number of benzene rings is 3. The lowest BCUT2D eigenvalue weighted by molar-refractivity contribution is -0.185. The van der Waals surface area contributed by atoms with E-state index in [4.69, 9.17) is 21.2 Å². The summed E-state index contributed by atoms with van der Waals surface area (Å²) in [5, 5.41) is 8.12. The highest BCUT2D eigenvalue weighted by Gasteiger charge is 2.42. The fraction of sp³-hybridized carbons (Fsp3) is 0.290. The molecule has 1 amide bonds. The minimum Gasteiger partial charge on any atom is -0.487 e. The minimum absolute atomic E-state index is 0.0584. The topological polar surface area (TPSA) is 123 Å². The van der Waals surface area contributed by atoms with Crippen LogP contribution in [0.4, 0.5) is 29.1 Å². The molecule has 250 valence electrons. The molecule has 1 heterocycles. The zero-order valence-corrected chi connectivity index (χ0v) is 26.6. The minimum atomic E-state index is -5.10. The van der Waals surface area contributed by atoms with E-state index >= 15 is 0 Å². The second-order valence-corrected chi connectivity index (χ2v) is 13.0. The van der Waals surface area contributed by atoms with E-state index in [1.54, 1.807) is 48.5 Å². The maximum Gasteiger partial charge on any atom is 0.471 e. The molecule has 4 rings (SSSR count). The Morgan fingerprint density at radius 1 is 1.06 bits per heavy atom. The molecule has 0 aliphatic carbocycles. The summed E-state index contributed by atoms with van der Waals surface area (Å²) >= 11 is 6.43. The van der Waals surface area contributed by atoms with E-state index in [2.05, 4.69) is 20.4 Å². The van der Waals surface area contributed by atoms with E-state index in [9.17, 15) is 30.8 Å². The number of unbranched alkanes of at least 4 members (excludes halogenated alkanes) is 1. The van der Waals surface area contributed by atoms with Crippen LogP contribution in [0.2, 0.25) is 5.02 Å². The molecule has 0 aliphatic rings. The van der Waals surface area contributed by atoms with Gasteiger partial charge in [-0.15, -0.1) is 0 Å². The van der Waals surface area contributed by atoms with Gasteiger partial charge in [0.05, 0.1) is 22.5 Å². The number of anilines is 2. The number of carbonyl (C=O) groups excluding carboxylic acids is 1. The predicted molar refractivity (Wildman–Crippen MR) is 170 cm³/mol. The second-order valence-electron chi connectivity index (χ2n) is 10.4. The molecule has 1 aromatic heterocycles. The normalized spacial score (nSPS) is 12.0. The van der Waals surface area contributed by atoms with Crippen LogP contribution in [0.5, 0.6) is 5.75 Å². The van der Waals surface area contributed by atoms with Crippen molar-refractivity contribution in [2.75, 3.05) is 37.0 Å². The Labute approximate surface area is 273 Å². The molecule has 0 atom stereocenters. The van der Waals surface area contributed by atoms with Crippen molar-refractivity contribution in [3.63, 3.8) is 0 Å². The number of hydrogen-bond donors (Lipinski definition) is 1. The summed E-state index contributed by atoms with van der Waals surface area (Å²) in [4.78, 5) is 26.0. The highest BCUT2D eigenvalue weighted by atomic mass is 35.5. The number of ether oxygens (including phenoxy) is 1. The first-order chi connectivity index (χ1) is 22.3. The van der Waals surface area contributed by atoms with Gasteiger partial charge in [-0.1, -0.05) is 35.0 Å². The van der Waals surface area contributed by atoms with Gasteiger partial charge in [-0.2, -0.15) is 13.2 Å². The Morgan fingerprint density at radius 3 is 2.60 bits per heavy atom. The third kappa shape index (κ3) is 11.1. The van der Waals surface area contributed by atoms with Gasteiger partial charge in [0, 0.05) is 30.4 Å². The number of amides is 1. The standard InChI is InChI=1S/C31H30ClF4N5O5S/c1-47(43,44)14-12-41(30(42)31(34,35)36)11-2-3-13-46-39-18-21-7-9-27-25(16-21)29(38-20-37-27)40-24-8-10-28(26(32)17-24)45-19-22-5-4-6-23(33)15-22/h4-10,15-18,20H,2-3,11-14,19H2,1H3,(H,37,38,40)/b39-18+. The van der Waals surface area contributed by atoms with Gasteiger partial charge in [0.2, 0.25) is 0 Å². The second kappa shape index (κ2) is 15.9. The summed E-state index contributed by atoms with van der Waals surface area (Å²) in [6.07, 6.45) is -0.937. The van der Waals surface area contributed by atoms with Crippen LogP contribution in [0.1, 0.15) is 24.0 Å². The van der Waals surface area contributed by atoms with Crippen molar-refractivity contribution in [1.29, 1.82) is 0 Å². The van der Waals surface area contributed by atoms with Crippen LogP contribution < -0.4 is 10.1 Å². The first-order valence-electron chi connectivity index (χ1n) is 14.2. The van der Waals surface area contributed by atoms with Crippen LogP contribution in [0, 0.1) is 5.82 Å². The van der Waals surface area contributed by atoms with Gasteiger partial charge in [0.1, 0.15) is 46.8 Å². The Bertz CT molecular complexity index is 1840. The number of oxime groups is 1. The zero-order chi connectivity index (χ0) is 34.0. The Kier molecular flexibility index (Phi) is 11.9. The van der Waals surface area contributed by atoms with E-state index in [0.717, 1.165) is 6.26 Å². The smallest absolute Gasteiger partial charge is 0.471 e. The first kappa shape index (κ1) is 35.4. The molecule has 0 spiro atoms. The molecule has 47 heavy (non-hydrogen) atoms. The van der Waals surface area contributed by atoms with Crippen molar-refractivity contribution in [2.24, 2.45) is 5.16 Å². The molecule has 0 saturated carbocycles. The maximum atomic E-state index is 13.4. The molecule has 0 bridgehead atoms. The van der Waals surface area contributed by atoms with Crippen molar-refractivity contribution in [1.82, 2.24) is 14.9 Å². The maximum absolute atomic E-state index is 13.4. The molecular weight excluding hydrogens is 666 g/mol. The van der Waals surface area contributed by atoms with Crippen molar-refractivity contribution in [2.45, 2.75) is 25.6 Å². The Morgan fingerprint density at radius 2 is 1.87 bits per heavy atom. The number of nitrogens with one attached hydrogen (secondary N) is 1. The number of aromatic nitrogens is 2. The van der Waals surface area contributed by atoms with Crippen LogP contribution in [0.25, 0.3) is 10.9 Å². The van der Waals surface area contributed by atoms with Gasteiger partial charge < -0.3 is 19.8 Å². The summed E-state index contributed by atoms with van der Waals surface area (Å²) in [5.74, 6) is -2.10. The zero-order valence-electron chi connectivity index (χ0n) is 25.0. The molecule has 0 radical (unpaired) electrons. The van der Waals surface area contributed by atoms with Crippen LogP contribution in [0.3, 0.4) is 0 Å². The Balaban J connectivity index is 1.31. The highest BCUT2D eigenvalue weighted by Crippen LogP contribution is 2.31. The third-order valence-electron chi connectivity index (χ3n) is 6.59. The lowest BCUT2D eigenvalue weighted by Gasteiger charge is -2.23. The fourth-order valence-electron chi connectivity index (χ4n) is 4.26. The number of halogens is 5. The highest BCUT2D eigenvalue weighted by molar-refractivity contribution is 7.90. The molecule has 0 unspecified atom stereocenters. The number of fused-ring (bicyclic) bond motifs is 1. The molecule has 3 aromatic carbocycles. The lowest BCUT2D eigenvalue weighted by atomic mass is 10.1. The number of nitrogens with zero attached hydrogens (tertiary/aromatic N) is 4. The monoisotopic (exact) mass is 695 g/mol. The molecule has 16 heteroatoms. The van der Waals surface area contributed by atoms with Gasteiger partial charge >= 0.3 is 12.1 Å². The van der Waals surface area contributed by atoms with Crippen molar-refractivity contribution < 1.29 is 40.3 Å². The first-order valence-corrected chi connectivity index (χ1v) is 16.6. The summed E-state index contributed by atoms with van der Waals surface area (Å²) in [6, 6.07) is 16.5.